The van der Waals surface area contributed by atoms with Crippen LogP contribution in [-0.4, -0.2) is 0 Å². The highest BCUT2D eigenvalue weighted by Gasteiger charge is 1.94. The summed E-state index contributed by atoms with van der Waals surface area (Å²) in [6.07, 6.45) is 6.42. The fourth-order valence-electron chi connectivity index (χ4n) is 0.557. The number of hydrogen-bond acceptors (Lipinski definition) is 0. The van der Waals surface area contributed by atoms with Crippen LogP contribution in [-0.2, 0) is 0 Å². The molecule has 0 aliphatic rings. The van der Waals surface area contributed by atoms with Crippen LogP contribution >= 0.6 is 0 Å². The van der Waals surface area contributed by atoms with E-state index in [1.54, 1.807) is 0 Å². The van der Waals surface area contributed by atoms with Crippen LogP contribution in [0.1, 0.15) is 27.7 Å². The van der Waals surface area contributed by atoms with Crippen LogP contribution in [0.15, 0.2) is 36.0 Å². The number of hydrogen-bond donors (Lipinski definition) is 0. The van der Waals surface area contributed by atoms with Gasteiger partial charge in [0.15, 0.2) is 0 Å². The van der Waals surface area contributed by atoms with Gasteiger partial charge in [-0.1, -0.05) is 42.9 Å². The van der Waals surface area contributed by atoms with E-state index in [0.717, 1.165) is 0 Å². The van der Waals surface area contributed by atoms with Gasteiger partial charge in [-0.2, -0.15) is 0 Å². The molecule has 11 heavy (non-hydrogen) atoms. The molecule has 1 atom stereocenters. The first kappa shape index (κ1) is 10.2. The molecule has 0 spiro atoms. The molecule has 0 aliphatic heterocycles. The molecule has 0 aromatic heterocycles. The Morgan fingerprint density at radius 3 is 2.27 bits per heavy atom. The minimum Gasteiger partial charge on any atom is -0.0996 e. The second-order valence-electron chi connectivity index (χ2n) is 3.03. The Bertz CT molecular complexity index is 182. The van der Waals surface area contributed by atoms with E-state index in [4.69, 9.17) is 0 Å². The van der Waals surface area contributed by atoms with Crippen molar-refractivity contribution >= 4 is 0 Å². The fourth-order valence-corrected chi connectivity index (χ4v) is 0.557. The molecule has 0 bridgehead atoms. The fraction of sp³-hybridized carbons (Fsp3) is 0.455. The monoisotopic (exact) mass is 150 g/mol. The molecule has 0 nitrogen and oxygen atoms in total. The van der Waals surface area contributed by atoms with Gasteiger partial charge < -0.3 is 0 Å². The SMILES string of the molecule is C=C(C)C(C)C=CC(C)=CC. The summed E-state index contributed by atoms with van der Waals surface area (Å²) in [4.78, 5) is 0. The van der Waals surface area contributed by atoms with Crippen LogP contribution < -0.4 is 0 Å². The molecule has 0 aromatic carbocycles. The molecule has 1 unspecified atom stereocenters. The maximum Gasteiger partial charge on any atom is -0.00539 e. The van der Waals surface area contributed by atoms with Gasteiger partial charge in [0, 0.05) is 0 Å². The zero-order chi connectivity index (χ0) is 8.85. The largest absolute Gasteiger partial charge is 0.0996 e. The first-order valence-electron chi connectivity index (χ1n) is 4.04. The van der Waals surface area contributed by atoms with Crippen molar-refractivity contribution < 1.29 is 0 Å². The van der Waals surface area contributed by atoms with Crippen LogP contribution in [0.2, 0.25) is 0 Å². The lowest BCUT2D eigenvalue weighted by atomic mass is 10.0. The van der Waals surface area contributed by atoms with Crippen molar-refractivity contribution in [2.45, 2.75) is 27.7 Å². The maximum absolute atomic E-state index is 3.89. The standard InChI is InChI=1S/C11H18/c1-6-10(4)7-8-11(5)9(2)3/h6-8,11H,2H2,1,3-5H3. The van der Waals surface area contributed by atoms with Crippen molar-refractivity contribution in [3.05, 3.63) is 36.0 Å². The Morgan fingerprint density at radius 1 is 1.36 bits per heavy atom. The van der Waals surface area contributed by atoms with Crippen LogP contribution in [0.5, 0.6) is 0 Å². The van der Waals surface area contributed by atoms with Crippen molar-refractivity contribution in [1.82, 2.24) is 0 Å². The minimum absolute atomic E-state index is 0.491. The summed E-state index contributed by atoms with van der Waals surface area (Å²) in [5.41, 5.74) is 2.52. The second kappa shape index (κ2) is 4.95. The van der Waals surface area contributed by atoms with Gasteiger partial charge in [-0.3, -0.25) is 0 Å². The summed E-state index contributed by atoms with van der Waals surface area (Å²) in [5, 5.41) is 0. The van der Waals surface area contributed by atoms with Gasteiger partial charge in [0.25, 0.3) is 0 Å². The molecule has 0 N–H and O–H groups in total. The molecule has 0 rings (SSSR count). The first-order chi connectivity index (χ1) is 5.07. The molecule has 0 amide bonds. The molecular formula is C11H18. The van der Waals surface area contributed by atoms with E-state index in [0.29, 0.717) is 5.92 Å². The van der Waals surface area contributed by atoms with Crippen LogP contribution in [0.3, 0.4) is 0 Å². The third-order valence-electron chi connectivity index (χ3n) is 1.88. The molecule has 0 aliphatic carbocycles. The van der Waals surface area contributed by atoms with Crippen molar-refractivity contribution in [3.63, 3.8) is 0 Å². The van der Waals surface area contributed by atoms with E-state index in [-0.39, 0.29) is 0 Å². The Kier molecular flexibility index (Phi) is 4.60. The van der Waals surface area contributed by atoms with Gasteiger partial charge in [-0.05, 0) is 26.7 Å². The van der Waals surface area contributed by atoms with Crippen molar-refractivity contribution in [2.24, 2.45) is 5.92 Å². The van der Waals surface area contributed by atoms with E-state index in [1.807, 2.05) is 6.92 Å². The molecule has 0 saturated heterocycles. The summed E-state index contributed by atoms with van der Waals surface area (Å²) >= 11 is 0. The van der Waals surface area contributed by atoms with Gasteiger partial charge in [0.2, 0.25) is 0 Å². The topological polar surface area (TPSA) is 0 Å². The lowest BCUT2D eigenvalue weighted by Gasteiger charge is -2.03. The number of allylic oxidation sites excluding steroid dienone is 5. The number of rotatable bonds is 3. The highest BCUT2D eigenvalue weighted by molar-refractivity contribution is 5.18. The predicted molar refractivity (Wildman–Crippen MR) is 52.5 cm³/mol. The van der Waals surface area contributed by atoms with E-state index in [9.17, 15) is 0 Å². The minimum atomic E-state index is 0.491. The second-order valence-corrected chi connectivity index (χ2v) is 3.03. The molecule has 0 heterocycles. The van der Waals surface area contributed by atoms with Gasteiger partial charge in [-0.15, -0.1) is 0 Å². The van der Waals surface area contributed by atoms with Crippen molar-refractivity contribution in [2.75, 3.05) is 0 Å². The lowest BCUT2D eigenvalue weighted by molar-refractivity contribution is 0.867. The summed E-state index contributed by atoms with van der Waals surface area (Å²) in [7, 11) is 0. The van der Waals surface area contributed by atoms with Gasteiger partial charge in [-0.25, -0.2) is 0 Å². The molecule has 0 saturated carbocycles. The molecule has 0 heteroatoms. The molecular weight excluding hydrogens is 132 g/mol. The zero-order valence-corrected chi connectivity index (χ0v) is 8.02. The summed E-state index contributed by atoms with van der Waals surface area (Å²) in [5.74, 6) is 0.491. The molecule has 0 radical (unpaired) electrons. The van der Waals surface area contributed by atoms with Crippen molar-refractivity contribution in [1.29, 1.82) is 0 Å². The van der Waals surface area contributed by atoms with E-state index in [1.165, 1.54) is 11.1 Å². The van der Waals surface area contributed by atoms with E-state index >= 15 is 0 Å². The third kappa shape index (κ3) is 4.60. The van der Waals surface area contributed by atoms with Crippen LogP contribution in [0, 0.1) is 5.92 Å². The average molecular weight is 150 g/mol. The molecule has 62 valence electrons. The summed E-state index contributed by atoms with van der Waals surface area (Å²) in [6.45, 7) is 12.2. The first-order valence-corrected chi connectivity index (χ1v) is 4.04. The van der Waals surface area contributed by atoms with E-state index < -0.39 is 0 Å². The quantitative estimate of drug-likeness (QED) is 0.425. The summed E-state index contributed by atoms with van der Waals surface area (Å²) in [6, 6.07) is 0. The Hall–Kier alpha value is -0.780. The van der Waals surface area contributed by atoms with Crippen LogP contribution in [0.4, 0.5) is 0 Å². The van der Waals surface area contributed by atoms with Crippen molar-refractivity contribution in [3.8, 4) is 0 Å². The smallest absolute Gasteiger partial charge is 0.00539 e. The van der Waals surface area contributed by atoms with Gasteiger partial charge >= 0.3 is 0 Å². The lowest BCUT2D eigenvalue weighted by Crippen LogP contribution is -1.88. The van der Waals surface area contributed by atoms with Gasteiger partial charge in [0.1, 0.15) is 0 Å². The highest BCUT2D eigenvalue weighted by Crippen LogP contribution is 2.09. The molecule has 0 fully saturated rings. The Labute approximate surface area is 70.3 Å². The van der Waals surface area contributed by atoms with Crippen LogP contribution in [0.25, 0.3) is 0 Å². The van der Waals surface area contributed by atoms with Gasteiger partial charge in [0.05, 0.1) is 0 Å². The summed E-state index contributed by atoms with van der Waals surface area (Å²) < 4.78 is 0. The molecule has 0 aromatic rings. The third-order valence-corrected chi connectivity index (χ3v) is 1.88. The zero-order valence-electron chi connectivity index (χ0n) is 8.02. The Balaban J connectivity index is 4.03. The average Bonchev–Trinajstić information content (AvgIpc) is 1.99. The Morgan fingerprint density at radius 2 is 1.91 bits per heavy atom. The highest BCUT2D eigenvalue weighted by atomic mass is 14.0. The predicted octanol–water partition coefficient (Wildman–Crippen LogP) is 3.72. The normalized spacial score (nSPS) is 15.5. The maximum atomic E-state index is 3.89. The van der Waals surface area contributed by atoms with E-state index in [2.05, 4.69) is 45.6 Å².